The number of nitrogens with zero attached hydrogens (tertiary/aromatic N) is 1. The zero-order valence-electron chi connectivity index (χ0n) is 15.9. The molecule has 0 spiro atoms. The topological polar surface area (TPSA) is 40.1 Å². The molecule has 0 aliphatic rings. The fourth-order valence-corrected chi connectivity index (χ4v) is 2.87. The van der Waals surface area contributed by atoms with Crippen molar-refractivity contribution in [1.82, 2.24) is 0 Å². The number of aryl methyl sites for hydroxylation is 2. The smallest absolute Gasteiger partial charge is 0.785 e. The molecule has 0 heterocycles. The Balaban J connectivity index is 0.000000271. The van der Waals surface area contributed by atoms with E-state index in [1.807, 2.05) is 18.2 Å². The molecule has 0 saturated heterocycles. The third kappa shape index (κ3) is 8.58. The summed E-state index contributed by atoms with van der Waals surface area (Å²) >= 11 is 11.0. The second kappa shape index (κ2) is 12.7. The molecular formula is C23H23ClN2SW. The van der Waals surface area contributed by atoms with E-state index in [9.17, 15) is 0 Å². The van der Waals surface area contributed by atoms with Crippen LogP contribution < -0.4 is 5.84 Å². The van der Waals surface area contributed by atoms with Crippen LogP contribution in [-0.4, -0.2) is 0 Å². The van der Waals surface area contributed by atoms with Crippen LogP contribution in [-0.2, 0) is 40.1 Å². The summed E-state index contributed by atoms with van der Waals surface area (Å²) in [7, 11) is 0. The van der Waals surface area contributed by atoms with E-state index in [-0.39, 0.29) is 21.1 Å². The molecule has 0 saturated carbocycles. The van der Waals surface area contributed by atoms with Crippen molar-refractivity contribution in [2.24, 2.45) is 5.84 Å². The Kier molecular flexibility index (Phi) is 11.1. The Morgan fingerprint density at radius 1 is 0.929 bits per heavy atom. The fourth-order valence-electron chi connectivity index (χ4n) is 2.45. The Hall–Kier alpha value is -1.64. The molecule has 5 heteroatoms. The number of nitrogens with two attached hydrogens (primary N) is 1. The van der Waals surface area contributed by atoms with Crippen LogP contribution in [0.25, 0.3) is 16.6 Å². The molecule has 28 heavy (non-hydrogen) atoms. The van der Waals surface area contributed by atoms with Gasteiger partial charge in [-0.25, -0.2) is 4.91 Å². The van der Waals surface area contributed by atoms with Crippen molar-refractivity contribution in [3.05, 3.63) is 111 Å². The second-order valence-corrected chi connectivity index (χ2v) is 7.24. The summed E-state index contributed by atoms with van der Waals surface area (Å²) in [6.07, 6.45) is 2.24. The number of halogens is 1. The van der Waals surface area contributed by atoms with E-state index in [0.717, 1.165) is 21.9 Å². The van der Waals surface area contributed by atoms with Crippen molar-refractivity contribution in [3.63, 3.8) is 0 Å². The first-order valence-corrected chi connectivity index (χ1v) is 9.41. The van der Waals surface area contributed by atoms with E-state index in [2.05, 4.69) is 73.9 Å². The molecule has 2 nitrogen and oxygen atoms in total. The van der Waals surface area contributed by atoms with Crippen molar-refractivity contribution in [3.8, 4) is 11.1 Å². The number of benzene rings is 3. The first-order chi connectivity index (χ1) is 13.0. The minimum absolute atomic E-state index is 0. The Morgan fingerprint density at radius 3 is 2.04 bits per heavy atom. The third-order valence-corrected chi connectivity index (χ3v) is 4.41. The van der Waals surface area contributed by atoms with E-state index in [0.29, 0.717) is 0 Å². The molecule has 0 radical (unpaired) electrons. The molecule has 0 unspecified atom stereocenters. The van der Waals surface area contributed by atoms with Gasteiger partial charge in [-0.3, -0.25) is 0 Å². The van der Waals surface area contributed by atoms with Gasteiger partial charge in [0.2, 0.25) is 0 Å². The number of hydrogen-bond donors (Lipinski definition) is 1. The summed E-state index contributed by atoms with van der Waals surface area (Å²) in [5.74, 6) is 4.99. The predicted octanol–water partition coefficient (Wildman–Crippen LogP) is 6.49. The van der Waals surface area contributed by atoms with Gasteiger partial charge in [0.1, 0.15) is 0 Å². The van der Waals surface area contributed by atoms with Crippen molar-refractivity contribution >= 4 is 24.2 Å². The van der Waals surface area contributed by atoms with E-state index < -0.39 is 0 Å². The molecule has 0 atom stereocenters. The first-order valence-electron chi connectivity index (χ1n) is 8.62. The zero-order chi connectivity index (χ0) is 19.6. The SMILES string of the molecule is Cc1ccc(-c2cccc(Cl)c2)cc1.Cc1ccc(C/C([S-])=C/[N-]N)cc1.[W+2]. The average molecular weight is 579 g/mol. The largest absolute Gasteiger partial charge is 2.00 e. The number of allylic oxidation sites excluding steroid dienone is 1. The predicted molar refractivity (Wildman–Crippen MR) is 120 cm³/mol. The Labute approximate surface area is 192 Å². The average Bonchev–Trinajstić information content (AvgIpc) is 2.65. The van der Waals surface area contributed by atoms with Crippen LogP contribution in [0.3, 0.4) is 0 Å². The van der Waals surface area contributed by atoms with Crippen LogP contribution in [0, 0.1) is 13.8 Å². The Bertz CT molecular complexity index is 878. The van der Waals surface area contributed by atoms with Crippen molar-refractivity contribution in [1.29, 1.82) is 0 Å². The summed E-state index contributed by atoms with van der Waals surface area (Å²) in [4.78, 5) is 0.756. The monoisotopic (exact) mass is 578 g/mol. The van der Waals surface area contributed by atoms with Gasteiger partial charge < -0.3 is 23.9 Å². The summed E-state index contributed by atoms with van der Waals surface area (Å²) in [6.45, 7) is 4.14. The number of rotatable bonds is 4. The van der Waals surface area contributed by atoms with Gasteiger partial charge in [-0.2, -0.15) is 6.20 Å². The van der Waals surface area contributed by atoms with E-state index >= 15 is 0 Å². The van der Waals surface area contributed by atoms with Crippen molar-refractivity contribution in [2.75, 3.05) is 0 Å². The number of hydrogen-bond acceptors (Lipinski definition) is 2. The standard InChI is InChI=1S/C13H11Cl.C10H13N2S.W/c1-10-5-7-11(8-6-10)12-3-2-4-13(14)9-12;1-8-2-4-9(5-3-8)6-10(13)7-12-11;/h2-9H,1H3;2-5,7,13H,6,11H2,1H3;/q;-1;+2/p-1/b;10-7-;. The quantitative estimate of drug-likeness (QED) is 0.219. The van der Waals surface area contributed by atoms with Crippen molar-refractivity contribution in [2.45, 2.75) is 20.3 Å². The summed E-state index contributed by atoms with van der Waals surface area (Å²) in [5, 5.41) is 0.781. The van der Waals surface area contributed by atoms with Gasteiger partial charge in [0.25, 0.3) is 0 Å². The maximum Gasteiger partial charge on any atom is 2.00 e. The van der Waals surface area contributed by atoms with E-state index in [4.69, 9.17) is 30.1 Å². The molecule has 3 aromatic rings. The first kappa shape index (κ1) is 24.4. The maximum atomic E-state index is 5.93. The van der Waals surface area contributed by atoms with Crippen LogP contribution in [0.4, 0.5) is 0 Å². The van der Waals surface area contributed by atoms with Crippen molar-refractivity contribution < 1.29 is 21.1 Å². The molecule has 0 aliphatic carbocycles. The molecule has 3 rings (SSSR count). The summed E-state index contributed by atoms with van der Waals surface area (Å²) in [6, 6.07) is 24.6. The molecule has 0 fully saturated rings. The van der Waals surface area contributed by atoms with Gasteiger partial charge in [0.05, 0.1) is 0 Å². The molecule has 3 aromatic carbocycles. The van der Waals surface area contributed by atoms with E-state index in [1.165, 1.54) is 28.5 Å². The molecule has 2 N–H and O–H groups in total. The molecule has 0 amide bonds. The molecule has 144 valence electrons. The second-order valence-electron chi connectivity index (χ2n) is 6.28. The van der Waals surface area contributed by atoms with Gasteiger partial charge in [0.15, 0.2) is 0 Å². The third-order valence-electron chi connectivity index (χ3n) is 3.93. The van der Waals surface area contributed by atoms with Crippen LogP contribution in [0.15, 0.2) is 83.9 Å². The van der Waals surface area contributed by atoms with Crippen LogP contribution in [0.2, 0.25) is 5.02 Å². The van der Waals surface area contributed by atoms with Crippen LogP contribution >= 0.6 is 11.6 Å². The normalized spacial score (nSPS) is 10.4. The van der Waals surface area contributed by atoms with Gasteiger partial charge in [-0.05, 0) is 49.1 Å². The van der Waals surface area contributed by atoms with Gasteiger partial charge >= 0.3 is 21.1 Å². The van der Waals surface area contributed by atoms with E-state index in [1.54, 1.807) is 0 Å². The van der Waals surface area contributed by atoms with Gasteiger partial charge in [-0.1, -0.05) is 83.4 Å². The molecular weight excluding hydrogens is 556 g/mol. The zero-order valence-corrected chi connectivity index (χ0v) is 20.4. The minimum Gasteiger partial charge on any atom is -0.785 e. The van der Waals surface area contributed by atoms with Crippen LogP contribution in [0.1, 0.15) is 16.7 Å². The van der Waals surface area contributed by atoms with Gasteiger partial charge in [-0.15, -0.1) is 0 Å². The molecule has 0 aromatic heterocycles. The fraction of sp³-hybridized carbons (Fsp3) is 0.130. The molecule has 0 aliphatic heterocycles. The summed E-state index contributed by atoms with van der Waals surface area (Å²) < 4.78 is 0. The van der Waals surface area contributed by atoms with Gasteiger partial charge in [0, 0.05) is 5.02 Å². The minimum atomic E-state index is 0. The Morgan fingerprint density at radius 2 is 1.50 bits per heavy atom. The summed E-state index contributed by atoms with van der Waals surface area (Å²) in [5.41, 5.74) is 9.47. The van der Waals surface area contributed by atoms with Crippen LogP contribution in [0.5, 0.6) is 0 Å². The maximum absolute atomic E-state index is 5.93. The molecule has 0 bridgehead atoms.